The molecule has 3 aromatic rings. The van der Waals surface area contributed by atoms with Crippen LogP contribution in [0, 0.1) is 0 Å². The molecule has 1 N–H and O–H groups in total. The summed E-state index contributed by atoms with van der Waals surface area (Å²) >= 11 is 7.37. The van der Waals surface area contributed by atoms with Crippen LogP contribution in [0.25, 0.3) is 10.9 Å². The van der Waals surface area contributed by atoms with E-state index >= 15 is 0 Å². The van der Waals surface area contributed by atoms with Crippen molar-refractivity contribution in [2.75, 3.05) is 0 Å². The molecule has 0 bridgehead atoms. The number of nitrogens with zero attached hydrogens (tertiary/aromatic N) is 2. The van der Waals surface area contributed by atoms with Gasteiger partial charge in [0.25, 0.3) is 5.56 Å². The second kappa shape index (κ2) is 8.63. The fourth-order valence-electron chi connectivity index (χ4n) is 3.56. The second-order valence-electron chi connectivity index (χ2n) is 7.28. The van der Waals surface area contributed by atoms with E-state index in [4.69, 9.17) is 16.0 Å². The van der Waals surface area contributed by atoms with E-state index in [-0.39, 0.29) is 29.3 Å². The number of carbonyl (C=O) groups is 1. The summed E-state index contributed by atoms with van der Waals surface area (Å²) in [6, 6.07) is 8.86. The molecule has 1 atom stereocenters. The molecule has 0 radical (unpaired) electrons. The fourth-order valence-corrected chi connectivity index (χ4v) is 4.65. The van der Waals surface area contributed by atoms with Gasteiger partial charge in [-0.25, -0.2) is 4.98 Å². The Kier molecular flexibility index (Phi) is 5.96. The van der Waals surface area contributed by atoms with Crippen molar-refractivity contribution in [1.29, 1.82) is 0 Å². The predicted octanol–water partition coefficient (Wildman–Crippen LogP) is 4.23. The normalized spacial score (nSPS) is 15.7. The monoisotopic (exact) mass is 431 g/mol. The third-order valence-corrected chi connectivity index (χ3v) is 6.45. The van der Waals surface area contributed by atoms with Crippen LogP contribution in [-0.4, -0.2) is 26.8 Å². The molecule has 1 saturated carbocycles. The summed E-state index contributed by atoms with van der Waals surface area (Å²) in [5.74, 6) is 0.610. The number of amides is 1. The molecular weight excluding hydrogens is 410 g/mol. The highest BCUT2D eigenvalue weighted by atomic mass is 35.5. The number of nitrogens with one attached hydrogen (secondary N) is 1. The Balaban J connectivity index is 1.66. The van der Waals surface area contributed by atoms with E-state index in [2.05, 4.69) is 10.3 Å². The molecule has 1 fully saturated rings. The van der Waals surface area contributed by atoms with Crippen LogP contribution in [0.15, 0.2) is 51.0 Å². The first-order valence-corrected chi connectivity index (χ1v) is 11.0. The van der Waals surface area contributed by atoms with Gasteiger partial charge in [0.1, 0.15) is 5.76 Å². The Hall–Kier alpha value is -2.25. The highest BCUT2D eigenvalue weighted by molar-refractivity contribution is 8.00. The molecule has 4 rings (SSSR count). The van der Waals surface area contributed by atoms with Crippen LogP contribution in [0.2, 0.25) is 5.02 Å². The summed E-state index contributed by atoms with van der Waals surface area (Å²) in [5.41, 5.74) is 0.332. The van der Waals surface area contributed by atoms with Crippen LogP contribution in [-0.2, 0) is 11.3 Å². The molecule has 6 nitrogen and oxygen atoms in total. The molecule has 1 unspecified atom stereocenters. The van der Waals surface area contributed by atoms with Gasteiger partial charge < -0.3 is 9.73 Å². The highest BCUT2D eigenvalue weighted by Crippen LogP contribution is 2.26. The number of hydrogen-bond acceptors (Lipinski definition) is 5. The van der Waals surface area contributed by atoms with E-state index in [1.165, 1.54) is 11.8 Å². The zero-order chi connectivity index (χ0) is 20.4. The van der Waals surface area contributed by atoms with Crippen LogP contribution in [0.1, 0.15) is 38.4 Å². The van der Waals surface area contributed by atoms with Crippen molar-refractivity contribution in [3.63, 3.8) is 0 Å². The standard InChI is InChI=1S/C21H22ClN3O3S/c1-13(19(26)23-15-5-2-3-6-15)29-21-24-18-11-14(22)8-9-17(18)20(27)25(21)12-16-7-4-10-28-16/h4,7-11,13,15H,2-3,5-6,12H2,1H3,(H,23,26). The van der Waals surface area contributed by atoms with E-state index in [1.807, 2.05) is 13.0 Å². The minimum Gasteiger partial charge on any atom is -0.467 e. The number of thioether (sulfide) groups is 1. The number of halogens is 1. The first kappa shape index (κ1) is 20.0. The molecule has 2 heterocycles. The minimum absolute atomic E-state index is 0.0353. The largest absolute Gasteiger partial charge is 0.467 e. The maximum absolute atomic E-state index is 13.1. The predicted molar refractivity (Wildman–Crippen MR) is 115 cm³/mol. The van der Waals surface area contributed by atoms with E-state index in [0.717, 1.165) is 25.7 Å². The van der Waals surface area contributed by atoms with Crippen molar-refractivity contribution >= 4 is 40.2 Å². The number of hydrogen-bond donors (Lipinski definition) is 1. The van der Waals surface area contributed by atoms with E-state index in [0.29, 0.717) is 26.8 Å². The number of fused-ring (bicyclic) bond motifs is 1. The Morgan fingerprint density at radius 2 is 2.17 bits per heavy atom. The van der Waals surface area contributed by atoms with Crippen molar-refractivity contribution in [3.8, 4) is 0 Å². The van der Waals surface area contributed by atoms with Gasteiger partial charge in [0, 0.05) is 11.1 Å². The van der Waals surface area contributed by atoms with Crippen LogP contribution in [0.5, 0.6) is 0 Å². The van der Waals surface area contributed by atoms with Gasteiger partial charge in [-0.05, 0) is 50.1 Å². The molecule has 152 valence electrons. The van der Waals surface area contributed by atoms with Gasteiger partial charge >= 0.3 is 0 Å². The first-order valence-electron chi connectivity index (χ1n) is 9.71. The Bertz CT molecular complexity index is 1070. The molecular formula is C21H22ClN3O3S. The Labute approximate surface area is 177 Å². The van der Waals surface area contributed by atoms with Crippen molar-refractivity contribution < 1.29 is 9.21 Å². The Morgan fingerprint density at radius 3 is 2.90 bits per heavy atom. The van der Waals surface area contributed by atoms with Gasteiger partial charge in [-0.15, -0.1) is 0 Å². The van der Waals surface area contributed by atoms with Crippen LogP contribution in [0.4, 0.5) is 0 Å². The summed E-state index contributed by atoms with van der Waals surface area (Å²) < 4.78 is 6.98. The second-order valence-corrected chi connectivity index (χ2v) is 9.02. The summed E-state index contributed by atoms with van der Waals surface area (Å²) in [7, 11) is 0. The smallest absolute Gasteiger partial charge is 0.262 e. The van der Waals surface area contributed by atoms with Gasteiger partial charge in [-0.2, -0.15) is 0 Å². The summed E-state index contributed by atoms with van der Waals surface area (Å²) in [6.07, 6.45) is 5.93. The molecule has 1 aliphatic carbocycles. The lowest BCUT2D eigenvalue weighted by Crippen LogP contribution is -2.38. The van der Waals surface area contributed by atoms with Crippen LogP contribution >= 0.6 is 23.4 Å². The number of aromatic nitrogens is 2. The average molecular weight is 432 g/mol. The first-order chi connectivity index (χ1) is 14.0. The lowest BCUT2D eigenvalue weighted by molar-refractivity contribution is -0.120. The van der Waals surface area contributed by atoms with Crippen molar-refractivity contribution in [2.24, 2.45) is 0 Å². The number of rotatable bonds is 6. The van der Waals surface area contributed by atoms with Crippen LogP contribution < -0.4 is 10.9 Å². The molecule has 1 aromatic carbocycles. The summed E-state index contributed by atoms with van der Waals surface area (Å²) in [6.45, 7) is 2.08. The lowest BCUT2D eigenvalue weighted by Gasteiger charge is -2.18. The zero-order valence-corrected chi connectivity index (χ0v) is 17.6. The van der Waals surface area contributed by atoms with Crippen molar-refractivity contribution in [3.05, 3.63) is 57.7 Å². The number of furan rings is 1. The summed E-state index contributed by atoms with van der Waals surface area (Å²) in [4.78, 5) is 30.4. The van der Waals surface area contributed by atoms with E-state index in [9.17, 15) is 9.59 Å². The minimum atomic E-state index is -0.387. The molecule has 29 heavy (non-hydrogen) atoms. The molecule has 1 aliphatic rings. The van der Waals surface area contributed by atoms with Gasteiger partial charge in [0.05, 0.1) is 29.0 Å². The molecule has 8 heteroatoms. The maximum atomic E-state index is 13.1. The average Bonchev–Trinajstić information content (AvgIpc) is 3.38. The van der Waals surface area contributed by atoms with Gasteiger partial charge in [0.15, 0.2) is 5.16 Å². The SMILES string of the molecule is CC(Sc1nc2cc(Cl)ccc2c(=O)n1Cc1ccco1)C(=O)NC1CCCC1. The van der Waals surface area contributed by atoms with Gasteiger partial charge in [0.2, 0.25) is 5.91 Å². The zero-order valence-electron chi connectivity index (χ0n) is 16.1. The van der Waals surface area contributed by atoms with E-state index < -0.39 is 0 Å². The number of carbonyl (C=O) groups excluding carboxylic acids is 1. The third-order valence-electron chi connectivity index (χ3n) is 5.13. The van der Waals surface area contributed by atoms with Gasteiger partial charge in [-0.1, -0.05) is 36.2 Å². The van der Waals surface area contributed by atoms with Crippen molar-refractivity contribution in [2.45, 2.75) is 55.6 Å². The Morgan fingerprint density at radius 1 is 1.38 bits per heavy atom. The van der Waals surface area contributed by atoms with Crippen molar-refractivity contribution in [1.82, 2.24) is 14.9 Å². The molecule has 0 aliphatic heterocycles. The lowest BCUT2D eigenvalue weighted by atomic mass is 10.2. The third kappa shape index (κ3) is 4.51. The highest BCUT2D eigenvalue weighted by Gasteiger charge is 2.23. The summed E-state index contributed by atoms with van der Waals surface area (Å²) in [5, 5.41) is 4.18. The number of benzene rings is 1. The van der Waals surface area contributed by atoms with E-state index in [1.54, 1.807) is 35.1 Å². The molecule has 0 spiro atoms. The quantitative estimate of drug-likeness (QED) is 0.466. The fraction of sp³-hybridized carbons (Fsp3) is 0.381. The topological polar surface area (TPSA) is 77.1 Å². The maximum Gasteiger partial charge on any atom is 0.262 e. The molecule has 1 amide bonds. The van der Waals surface area contributed by atoms with Gasteiger partial charge in [-0.3, -0.25) is 14.2 Å². The molecule has 0 saturated heterocycles. The molecule has 2 aromatic heterocycles. The van der Waals surface area contributed by atoms with Crippen LogP contribution in [0.3, 0.4) is 0 Å².